The number of halogens is 1. The molecule has 0 aliphatic carbocycles. The second-order valence-electron chi connectivity index (χ2n) is 20.0. The van der Waals surface area contributed by atoms with Crippen LogP contribution in [0.3, 0.4) is 0 Å². The summed E-state index contributed by atoms with van der Waals surface area (Å²) in [6, 6.07) is 61.4. The summed E-state index contributed by atoms with van der Waals surface area (Å²) >= 11 is 5.70. The predicted octanol–water partition coefficient (Wildman–Crippen LogP) is 16.4. The number of carbonyl (C=O) groups is 2. The fourth-order valence-corrected chi connectivity index (χ4v) is 8.99. The van der Waals surface area contributed by atoms with Gasteiger partial charge in [-0.25, -0.2) is 24.0 Å². The molecule has 6 aromatic carbocycles. The molecular formula is C71H81ClN14O2. The van der Waals surface area contributed by atoms with E-state index in [1.165, 1.54) is 0 Å². The van der Waals surface area contributed by atoms with E-state index < -0.39 is 0 Å². The van der Waals surface area contributed by atoms with Crippen LogP contribution in [0.4, 0.5) is 23.0 Å². The van der Waals surface area contributed by atoms with Crippen LogP contribution in [0.15, 0.2) is 217 Å². The molecule has 0 aliphatic heterocycles. The second-order valence-corrected chi connectivity index (χ2v) is 20.4. The summed E-state index contributed by atoms with van der Waals surface area (Å²) < 4.78 is 5.67. The van der Waals surface area contributed by atoms with Crippen molar-refractivity contribution in [2.24, 2.45) is 10.2 Å². The number of benzene rings is 6. The van der Waals surface area contributed by atoms with Gasteiger partial charge in [-0.15, -0.1) is 0 Å². The van der Waals surface area contributed by atoms with Crippen LogP contribution >= 0.6 is 11.6 Å². The van der Waals surface area contributed by atoms with Crippen molar-refractivity contribution in [3.63, 3.8) is 0 Å². The number of rotatable bonds is 19. The zero-order valence-corrected chi connectivity index (χ0v) is 53.1. The minimum absolute atomic E-state index is 0.000214. The third kappa shape index (κ3) is 19.8. The molecule has 0 saturated carbocycles. The Labute approximate surface area is 523 Å². The van der Waals surface area contributed by atoms with Crippen LogP contribution in [-0.4, -0.2) is 81.3 Å². The third-order valence-corrected chi connectivity index (χ3v) is 13.6. The van der Waals surface area contributed by atoms with E-state index in [0.29, 0.717) is 16.7 Å². The van der Waals surface area contributed by atoms with E-state index in [1.807, 2.05) is 250 Å². The summed E-state index contributed by atoms with van der Waals surface area (Å²) in [5.41, 5.74) is 20.7. The summed E-state index contributed by atoms with van der Waals surface area (Å²) in [5.74, 6) is 0.661. The van der Waals surface area contributed by atoms with Gasteiger partial charge in [0.15, 0.2) is 11.6 Å². The normalized spacial score (nSPS) is 10.8. The van der Waals surface area contributed by atoms with Crippen molar-refractivity contribution in [3.8, 4) is 28.3 Å². The van der Waals surface area contributed by atoms with Gasteiger partial charge >= 0.3 is 0 Å². The lowest BCUT2D eigenvalue weighted by Gasteiger charge is -2.08. The van der Waals surface area contributed by atoms with Crippen molar-refractivity contribution >= 4 is 57.6 Å². The van der Waals surface area contributed by atoms with Gasteiger partial charge in [0.2, 0.25) is 5.95 Å². The number of Topliss-reactive ketones (excluding diaryl/α,β-unsaturated/α-hetero) is 1. The van der Waals surface area contributed by atoms with Gasteiger partial charge in [-0.2, -0.15) is 25.5 Å². The number of carbonyl (C=O) groups excluding carboxylic acids is 2. The Hall–Kier alpha value is -10.1. The average Bonchev–Trinajstić information content (AvgIpc) is 2.06. The standard InChI is InChI=1S/C22H21N5.C17H21N3O.C14H16N2O.C9H11ClN2.C9H12N2/c1-3-19-21(16(2)27(26-19)18-12-8-5-9-13-18)20-14-15-23-22(25-20)24-17-10-6-4-7-11-17;1-5-15-17(16(21)11-12-19(3)4)13(2)20(18-15)14-9-7-6-8-10-14;1-4-13-14(11(3)17)10(2)16(15-13)12-8-6-5-7-9-12;1-2-9(10)12-11-8-6-4-3-5-7-8;1-2-8-10-11-9-6-4-3-5-7-9/h4-15H,3H2,1-2H3,(H,23,24,25);6-12H,5H2,1-4H3;5-9H,4H2,1-3H3;3-7,11H,2H2,1H3;3-8,11H,2H2,1H3/b;12-11+;;12-9+;10-8-. The number of anilines is 4. The topological polar surface area (TPSA) is 177 Å². The number of hydrazone groups is 2. The zero-order valence-electron chi connectivity index (χ0n) is 52.4. The highest BCUT2D eigenvalue weighted by Gasteiger charge is 2.21. The Kier molecular flexibility index (Phi) is 27.0. The smallest absolute Gasteiger partial charge is 0.227 e. The van der Waals surface area contributed by atoms with Gasteiger partial charge in [0.05, 0.1) is 79.4 Å². The number of aryl methyl sites for hydroxylation is 3. The predicted molar refractivity (Wildman–Crippen MR) is 363 cm³/mol. The maximum Gasteiger partial charge on any atom is 0.227 e. The van der Waals surface area contributed by atoms with Crippen molar-refractivity contribution in [1.82, 2.24) is 44.2 Å². The summed E-state index contributed by atoms with van der Waals surface area (Å²) in [4.78, 5) is 35.0. The van der Waals surface area contributed by atoms with Crippen LogP contribution in [0.25, 0.3) is 28.3 Å². The molecule has 10 aromatic rings. The molecule has 0 unspecified atom stereocenters. The van der Waals surface area contributed by atoms with Crippen LogP contribution in [-0.2, 0) is 19.3 Å². The van der Waals surface area contributed by atoms with E-state index in [0.717, 1.165) is 117 Å². The Morgan fingerprint density at radius 2 is 0.966 bits per heavy atom. The molecule has 3 N–H and O–H groups in total. The minimum atomic E-state index is 0.000214. The molecule has 0 fully saturated rings. The number of hydrogen-bond donors (Lipinski definition) is 3. The number of nitrogens with one attached hydrogen (secondary N) is 3. The average molecular weight is 1200 g/mol. The number of aromatic nitrogens is 8. The van der Waals surface area contributed by atoms with Crippen LogP contribution < -0.4 is 16.2 Å². The van der Waals surface area contributed by atoms with E-state index >= 15 is 0 Å². The van der Waals surface area contributed by atoms with Gasteiger partial charge in [0.25, 0.3) is 0 Å². The highest BCUT2D eigenvalue weighted by atomic mass is 35.5. The van der Waals surface area contributed by atoms with E-state index in [-0.39, 0.29) is 11.6 Å². The second kappa shape index (κ2) is 35.4. The lowest BCUT2D eigenvalue weighted by atomic mass is 10.1. The Morgan fingerprint density at radius 1 is 0.545 bits per heavy atom. The molecule has 0 atom stereocenters. The molecule has 0 aliphatic rings. The summed E-state index contributed by atoms with van der Waals surface area (Å²) in [6.07, 6.45) is 11.0. The molecule has 0 amide bonds. The number of hydrogen-bond acceptors (Lipinski definition) is 13. The Morgan fingerprint density at radius 3 is 1.40 bits per heavy atom. The molecule has 0 radical (unpaired) electrons. The molecule has 0 spiro atoms. The maximum atomic E-state index is 12.4. The highest BCUT2D eigenvalue weighted by molar-refractivity contribution is 6.65. The van der Waals surface area contributed by atoms with Gasteiger partial charge in [-0.1, -0.05) is 155 Å². The van der Waals surface area contributed by atoms with E-state index in [4.69, 9.17) is 21.7 Å². The Balaban J connectivity index is 0.000000183. The van der Waals surface area contributed by atoms with Crippen molar-refractivity contribution < 1.29 is 9.59 Å². The van der Waals surface area contributed by atoms with Crippen molar-refractivity contribution in [3.05, 3.63) is 252 Å². The molecular weight excluding hydrogens is 1120 g/mol. The zero-order chi connectivity index (χ0) is 63.2. The van der Waals surface area contributed by atoms with Gasteiger partial charge < -0.3 is 10.2 Å². The largest absolute Gasteiger partial charge is 0.383 e. The first-order chi connectivity index (χ1) is 42.7. The van der Waals surface area contributed by atoms with Crippen molar-refractivity contribution in [1.29, 1.82) is 0 Å². The maximum absolute atomic E-state index is 12.4. The van der Waals surface area contributed by atoms with Gasteiger partial charge in [0.1, 0.15) is 5.17 Å². The highest BCUT2D eigenvalue weighted by Crippen LogP contribution is 2.29. The molecule has 4 aromatic heterocycles. The fourth-order valence-electron chi connectivity index (χ4n) is 8.95. The SMILES string of the molecule is CC/C(Cl)=N\Nc1ccccc1.CC/C=N\Nc1ccccc1.CCc1nn(-c2ccccc2)c(C)c1-c1ccnc(Nc2ccccc2)n1.CCc1nn(-c2ccccc2)c(C)c1C(=O)/C=C/N(C)C.CCc1nn(-c2ccccc2)c(C)c1C(C)=O. The van der Waals surface area contributed by atoms with Gasteiger partial charge in [-0.05, 0) is 139 Å². The van der Waals surface area contributed by atoms with Crippen LogP contribution in [0.5, 0.6) is 0 Å². The van der Waals surface area contributed by atoms with Gasteiger partial charge in [0, 0.05) is 50.0 Å². The fraction of sp³-hybridized carbons (Fsp3) is 0.225. The van der Waals surface area contributed by atoms with E-state index in [2.05, 4.69) is 74.5 Å². The number of allylic oxidation sites excluding steroid dienone is 1. The summed E-state index contributed by atoms with van der Waals surface area (Å²) in [6.45, 7) is 17.7. The van der Waals surface area contributed by atoms with Crippen LogP contribution in [0.2, 0.25) is 0 Å². The van der Waals surface area contributed by atoms with Crippen molar-refractivity contribution in [2.75, 3.05) is 30.3 Å². The molecule has 88 heavy (non-hydrogen) atoms. The number of nitrogens with zero attached hydrogens (tertiary/aromatic N) is 11. The lowest BCUT2D eigenvalue weighted by Crippen LogP contribution is -2.05. The molecule has 17 heteroatoms. The van der Waals surface area contributed by atoms with E-state index in [1.54, 1.807) is 25.4 Å². The van der Waals surface area contributed by atoms with Gasteiger partial charge in [-0.3, -0.25) is 20.4 Å². The molecule has 0 saturated heterocycles. The van der Waals surface area contributed by atoms with E-state index in [9.17, 15) is 9.59 Å². The molecule has 0 bridgehead atoms. The minimum Gasteiger partial charge on any atom is -0.383 e. The first kappa shape index (κ1) is 67.1. The van der Waals surface area contributed by atoms with Crippen molar-refractivity contribution in [2.45, 2.75) is 94.4 Å². The summed E-state index contributed by atoms with van der Waals surface area (Å²) in [7, 11) is 3.79. The number of para-hydroxylation sites is 6. The summed E-state index contributed by atoms with van der Waals surface area (Å²) in [5, 5.41) is 25.7. The van der Waals surface area contributed by atoms with Crippen LogP contribution in [0.1, 0.15) is 109 Å². The molecule has 454 valence electrons. The first-order valence-electron chi connectivity index (χ1n) is 29.5. The molecule has 16 nitrogen and oxygen atoms in total. The number of ketones is 2. The molecule has 10 rings (SSSR count). The quantitative estimate of drug-likeness (QED) is 0.0304. The van der Waals surface area contributed by atoms with Crippen LogP contribution in [0, 0.1) is 20.8 Å². The monoisotopic (exact) mass is 1200 g/mol. The third-order valence-electron chi connectivity index (χ3n) is 13.3. The first-order valence-corrected chi connectivity index (χ1v) is 29.9. The Bertz CT molecular complexity index is 3810. The molecule has 4 heterocycles. The lowest BCUT2D eigenvalue weighted by molar-refractivity contribution is 0.101.